The number of methoxy groups -OCH3 is 1. The number of pyridine rings is 1. The summed E-state index contributed by atoms with van der Waals surface area (Å²) in [5, 5.41) is 9.06. The maximum absolute atomic E-state index is 9.06. The fourth-order valence-electron chi connectivity index (χ4n) is 1.09. The zero-order valence-corrected chi connectivity index (χ0v) is 9.14. The Morgan fingerprint density at radius 3 is 2.75 bits per heavy atom. The molecule has 0 atom stereocenters. The molecule has 0 unspecified atom stereocenters. The van der Waals surface area contributed by atoms with Crippen LogP contribution in [-0.2, 0) is 4.74 Å². The van der Waals surface area contributed by atoms with E-state index >= 15 is 0 Å². The van der Waals surface area contributed by atoms with Crippen molar-refractivity contribution in [3.8, 4) is 6.07 Å². The largest absolute Gasteiger partial charge is 0.480 e. The van der Waals surface area contributed by atoms with E-state index in [9.17, 15) is 0 Å². The van der Waals surface area contributed by atoms with Crippen molar-refractivity contribution in [3.05, 3.63) is 36.0 Å². The summed E-state index contributed by atoms with van der Waals surface area (Å²) in [6.45, 7) is 1.62. The first kappa shape index (κ1) is 11.7. The van der Waals surface area contributed by atoms with Crippen LogP contribution in [0.4, 0.5) is 0 Å². The molecule has 1 aromatic heterocycles. The topological polar surface area (TPSA) is 84.3 Å². The fraction of sp³-hybridized carbons (Fsp3) is 0.182. The minimum absolute atomic E-state index is 0.168. The predicted molar refractivity (Wildman–Crippen MR) is 61.1 cm³/mol. The van der Waals surface area contributed by atoms with Gasteiger partial charge in [0.25, 0.3) is 0 Å². The average Bonchev–Trinajstić information content (AvgIpc) is 2.29. The summed E-state index contributed by atoms with van der Waals surface area (Å²) in [5.41, 5.74) is 6.21. The Kier molecular flexibility index (Phi) is 4.04. The van der Waals surface area contributed by atoms with Crippen LogP contribution in [-0.4, -0.2) is 17.9 Å². The highest BCUT2D eigenvalue weighted by atomic mass is 16.5. The molecule has 5 nitrogen and oxygen atoms in total. The van der Waals surface area contributed by atoms with Crippen molar-refractivity contribution < 1.29 is 4.74 Å². The molecular weight excluding hydrogens is 204 g/mol. The average molecular weight is 216 g/mol. The lowest BCUT2D eigenvalue weighted by Crippen LogP contribution is -2.07. The first-order valence-corrected chi connectivity index (χ1v) is 4.59. The predicted octanol–water partition coefficient (Wildman–Crippen LogP) is 1.30. The molecule has 0 radical (unpaired) electrons. The van der Waals surface area contributed by atoms with E-state index in [1.54, 1.807) is 31.3 Å². The number of aliphatic imine (C=N–C) groups is 1. The van der Waals surface area contributed by atoms with E-state index in [1.807, 2.05) is 6.07 Å². The molecule has 82 valence electrons. The molecule has 0 fully saturated rings. The number of nitrogens with two attached hydrogens (primary N) is 1. The van der Waals surface area contributed by atoms with E-state index in [4.69, 9.17) is 15.7 Å². The molecule has 0 saturated heterocycles. The molecule has 0 aliphatic rings. The summed E-state index contributed by atoms with van der Waals surface area (Å²) in [7, 11) is 1.43. The molecule has 5 heteroatoms. The molecule has 0 aliphatic carbocycles. The van der Waals surface area contributed by atoms with Crippen molar-refractivity contribution in [2.75, 3.05) is 7.11 Å². The summed E-state index contributed by atoms with van der Waals surface area (Å²) >= 11 is 0. The SMILES string of the molecule is COC(/N=C(/C)N)=C(/C#N)c1ccccn1. The van der Waals surface area contributed by atoms with Gasteiger partial charge in [-0.3, -0.25) is 4.98 Å². The molecule has 1 heterocycles. The van der Waals surface area contributed by atoms with E-state index in [0.29, 0.717) is 11.5 Å². The Balaban J connectivity index is 3.29. The molecule has 0 saturated carbocycles. The van der Waals surface area contributed by atoms with Crippen molar-refractivity contribution in [2.45, 2.75) is 6.92 Å². The molecule has 0 amide bonds. The lowest BCUT2D eigenvalue weighted by atomic mass is 10.2. The van der Waals surface area contributed by atoms with Crippen LogP contribution in [0.5, 0.6) is 0 Å². The third kappa shape index (κ3) is 2.82. The first-order valence-electron chi connectivity index (χ1n) is 4.59. The van der Waals surface area contributed by atoms with E-state index in [2.05, 4.69) is 9.98 Å². The maximum Gasteiger partial charge on any atom is 0.235 e. The minimum atomic E-state index is 0.168. The number of nitrogens with zero attached hydrogens (tertiary/aromatic N) is 3. The number of rotatable bonds is 3. The number of hydrogen-bond acceptors (Lipinski definition) is 4. The normalized spacial score (nSPS) is 12.7. The molecule has 2 N–H and O–H groups in total. The van der Waals surface area contributed by atoms with Crippen molar-refractivity contribution >= 4 is 11.4 Å². The van der Waals surface area contributed by atoms with E-state index in [-0.39, 0.29) is 11.5 Å². The molecular formula is C11H12N4O. The number of amidine groups is 1. The smallest absolute Gasteiger partial charge is 0.235 e. The van der Waals surface area contributed by atoms with Crippen LogP contribution >= 0.6 is 0 Å². The Morgan fingerprint density at radius 2 is 2.31 bits per heavy atom. The van der Waals surface area contributed by atoms with Gasteiger partial charge in [-0.05, 0) is 19.1 Å². The lowest BCUT2D eigenvalue weighted by Gasteiger charge is -2.04. The molecule has 0 spiro atoms. The third-order valence-electron chi connectivity index (χ3n) is 1.72. The quantitative estimate of drug-likeness (QED) is 0.357. The summed E-state index contributed by atoms with van der Waals surface area (Å²) in [6, 6.07) is 7.26. The minimum Gasteiger partial charge on any atom is -0.480 e. The Labute approximate surface area is 93.9 Å². The first-order chi connectivity index (χ1) is 7.69. The number of nitriles is 1. The highest BCUT2D eigenvalue weighted by molar-refractivity contribution is 5.82. The summed E-state index contributed by atoms with van der Waals surface area (Å²) in [6.07, 6.45) is 1.60. The van der Waals surface area contributed by atoms with E-state index < -0.39 is 0 Å². The molecule has 0 bridgehead atoms. The Morgan fingerprint density at radius 1 is 1.56 bits per heavy atom. The highest BCUT2D eigenvalue weighted by Crippen LogP contribution is 2.17. The van der Waals surface area contributed by atoms with Crippen LogP contribution in [0.2, 0.25) is 0 Å². The molecule has 0 aromatic carbocycles. The van der Waals surface area contributed by atoms with Gasteiger partial charge in [-0.25, -0.2) is 4.99 Å². The molecule has 16 heavy (non-hydrogen) atoms. The number of allylic oxidation sites excluding steroid dienone is 1. The Hall–Kier alpha value is -2.35. The second-order valence-corrected chi connectivity index (χ2v) is 2.96. The lowest BCUT2D eigenvalue weighted by molar-refractivity contribution is 0.291. The van der Waals surface area contributed by atoms with Crippen molar-refractivity contribution in [1.29, 1.82) is 5.26 Å². The van der Waals surface area contributed by atoms with E-state index in [0.717, 1.165) is 0 Å². The van der Waals surface area contributed by atoms with Crippen LogP contribution < -0.4 is 5.73 Å². The second-order valence-electron chi connectivity index (χ2n) is 2.96. The van der Waals surface area contributed by atoms with Crippen molar-refractivity contribution in [1.82, 2.24) is 4.98 Å². The van der Waals surface area contributed by atoms with Gasteiger partial charge in [0.2, 0.25) is 5.88 Å². The summed E-state index contributed by atoms with van der Waals surface area (Å²) < 4.78 is 5.02. The zero-order chi connectivity index (χ0) is 12.0. The van der Waals surface area contributed by atoms with Gasteiger partial charge in [-0.2, -0.15) is 5.26 Å². The molecule has 0 aliphatic heterocycles. The van der Waals surface area contributed by atoms with Crippen molar-refractivity contribution in [2.24, 2.45) is 10.7 Å². The number of hydrogen-bond donors (Lipinski definition) is 1. The molecule has 1 rings (SSSR count). The third-order valence-corrected chi connectivity index (χ3v) is 1.72. The number of aromatic nitrogens is 1. The van der Waals surface area contributed by atoms with Crippen LogP contribution in [0.25, 0.3) is 5.57 Å². The number of ether oxygens (including phenoxy) is 1. The molecule has 1 aromatic rings. The van der Waals surface area contributed by atoms with E-state index in [1.165, 1.54) is 7.11 Å². The van der Waals surface area contributed by atoms with Gasteiger partial charge in [-0.1, -0.05) is 6.07 Å². The zero-order valence-electron chi connectivity index (χ0n) is 9.14. The highest BCUT2D eigenvalue weighted by Gasteiger charge is 2.10. The van der Waals surface area contributed by atoms with Gasteiger partial charge >= 0.3 is 0 Å². The van der Waals surface area contributed by atoms with Gasteiger partial charge in [-0.15, -0.1) is 0 Å². The van der Waals surface area contributed by atoms with Gasteiger partial charge in [0.05, 0.1) is 18.6 Å². The van der Waals surface area contributed by atoms with Gasteiger partial charge in [0, 0.05) is 6.20 Å². The maximum atomic E-state index is 9.06. The van der Waals surface area contributed by atoms with Crippen LogP contribution in [0, 0.1) is 11.3 Å². The van der Waals surface area contributed by atoms with Gasteiger partial charge in [0.1, 0.15) is 11.6 Å². The van der Waals surface area contributed by atoms with Gasteiger partial charge < -0.3 is 10.5 Å². The second kappa shape index (κ2) is 5.51. The monoisotopic (exact) mass is 216 g/mol. The van der Waals surface area contributed by atoms with Crippen molar-refractivity contribution in [3.63, 3.8) is 0 Å². The van der Waals surface area contributed by atoms with Crippen LogP contribution in [0.3, 0.4) is 0 Å². The summed E-state index contributed by atoms with van der Waals surface area (Å²) in [4.78, 5) is 7.99. The summed E-state index contributed by atoms with van der Waals surface area (Å²) in [5.74, 6) is 0.488. The Bertz CT molecular complexity index is 453. The van der Waals surface area contributed by atoms with Gasteiger partial charge in [0.15, 0.2) is 0 Å². The standard InChI is InChI=1S/C11H12N4O/c1-8(13)15-11(16-2)9(7-12)10-5-3-4-6-14-10/h3-6H,1-2H3,(H2,13,15)/b11-9-. The van der Waals surface area contributed by atoms with Crippen LogP contribution in [0.1, 0.15) is 12.6 Å². The van der Waals surface area contributed by atoms with Crippen LogP contribution in [0.15, 0.2) is 35.3 Å². The fourth-order valence-corrected chi connectivity index (χ4v) is 1.09.